The minimum absolute atomic E-state index is 0.0472. The highest BCUT2D eigenvalue weighted by molar-refractivity contribution is 6.08. The minimum atomic E-state index is -1.08. The van der Waals surface area contributed by atoms with Crippen LogP contribution in [0.25, 0.3) is 6.08 Å². The molecular formula is C23H22N4O6. The molecule has 3 N–H and O–H groups in total. The van der Waals surface area contributed by atoms with Crippen LogP contribution in [0.1, 0.15) is 23.6 Å². The average Bonchev–Trinajstić information content (AvgIpc) is 2.77. The van der Waals surface area contributed by atoms with Crippen molar-refractivity contribution in [3.8, 4) is 17.6 Å². The number of non-ortho nitro benzene ring substituents is 1. The van der Waals surface area contributed by atoms with E-state index in [9.17, 15) is 25.0 Å². The summed E-state index contributed by atoms with van der Waals surface area (Å²) in [5, 5.41) is 22.2. The van der Waals surface area contributed by atoms with Gasteiger partial charge in [-0.2, -0.15) is 5.26 Å². The van der Waals surface area contributed by atoms with Crippen molar-refractivity contribution in [2.45, 2.75) is 20.0 Å². The van der Waals surface area contributed by atoms with Crippen LogP contribution >= 0.6 is 0 Å². The summed E-state index contributed by atoms with van der Waals surface area (Å²) in [7, 11) is 0. The van der Waals surface area contributed by atoms with E-state index in [1.807, 2.05) is 5.32 Å². The molecule has 0 aliphatic carbocycles. The van der Waals surface area contributed by atoms with Crippen LogP contribution in [-0.4, -0.2) is 23.5 Å². The summed E-state index contributed by atoms with van der Waals surface area (Å²) >= 11 is 0. The maximum atomic E-state index is 12.0. The van der Waals surface area contributed by atoms with E-state index in [4.69, 9.17) is 15.2 Å². The number of imide groups is 1. The molecule has 0 unspecified atom stereocenters. The highest BCUT2D eigenvalue weighted by Gasteiger charge is 2.16. The molecule has 0 radical (unpaired) electrons. The van der Waals surface area contributed by atoms with Crippen LogP contribution in [0.2, 0.25) is 0 Å². The van der Waals surface area contributed by atoms with E-state index >= 15 is 0 Å². The van der Waals surface area contributed by atoms with Crippen LogP contribution in [0.4, 0.5) is 10.5 Å². The molecule has 0 fully saturated rings. The Labute approximate surface area is 190 Å². The summed E-state index contributed by atoms with van der Waals surface area (Å²) in [4.78, 5) is 33.4. The highest BCUT2D eigenvalue weighted by Crippen LogP contribution is 2.35. The first-order valence-corrected chi connectivity index (χ1v) is 9.78. The van der Waals surface area contributed by atoms with Gasteiger partial charge in [0.25, 0.3) is 11.6 Å². The van der Waals surface area contributed by atoms with Gasteiger partial charge in [-0.05, 0) is 42.7 Å². The van der Waals surface area contributed by atoms with Crippen molar-refractivity contribution in [2.75, 3.05) is 6.61 Å². The van der Waals surface area contributed by atoms with Gasteiger partial charge in [0.05, 0.1) is 11.5 Å². The smallest absolute Gasteiger partial charge is 0.319 e. The lowest BCUT2D eigenvalue weighted by Gasteiger charge is -2.17. The van der Waals surface area contributed by atoms with Gasteiger partial charge in [-0.1, -0.05) is 18.2 Å². The Bertz CT molecular complexity index is 1150. The standard InChI is InChI=1S/C23H22N4O6/c1-3-6-17-9-16(10-18(13-24)22(28)26-23(25)29)12-20(32-4-2)21(17)33-14-15-7-5-8-19(11-15)27(30)31/h3,5,7-12H,1,4,6,14H2,2H3,(H3,25,26,28,29)/b18-10-. The molecule has 0 aliphatic heterocycles. The van der Waals surface area contributed by atoms with Gasteiger partial charge in [-0.25, -0.2) is 4.79 Å². The Hall–Kier alpha value is -4.65. The van der Waals surface area contributed by atoms with Gasteiger partial charge in [-0.15, -0.1) is 6.58 Å². The fourth-order valence-electron chi connectivity index (χ4n) is 2.91. The second kappa shape index (κ2) is 11.7. The number of amides is 3. The Morgan fingerprint density at radius 1 is 1.30 bits per heavy atom. The number of nitro benzene ring substituents is 1. The molecule has 0 saturated heterocycles. The lowest BCUT2D eigenvalue weighted by Crippen LogP contribution is -2.35. The first-order valence-electron chi connectivity index (χ1n) is 9.78. The number of hydrogen-bond acceptors (Lipinski definition) is 7. The van der Waals surface area contributed by atoms with Crippen LogP contribution in [0, 0.1) is 21.4 Å². The third-order valence-corrected chi connectivity index (χ3v) is 4.24. The Morgan fingerprint density at radius 2 is 2.06 bits per heavy atom. The number of primary amides is 1. The molecule has 0 atom stereocenters. The molecule has 2 aromatic carbocycles. The zero-order valence-corrected chi connectivity index (χ0v) is 17.9. The molecule has 0 aliphatic rings. The second-order valence-corrected chi connectivity index (χ2v) is 6.64. The van der Waals surface area contributed by atoms with Crippen LogP contribution in [0.15, 0.2) is 54.6 Å². The van der Waals surface area contributed by atoms with E-state index in [1.54, 1.807) is 43.3 Å². The first-order chi connectivity index (χ1) is 15.8. The number of nitro groups is 1. The monoisotopic (exact) mass is 450 g/mol. The van der Waals surface area contributed by atoms with Gasteiger partial charge >= 0.3 is 6.03 Å². The number of benzene rings is 2. The Morgan fingerprint density at radius 3 is 2.67 bits per heavy atom. The number of nitrogens with two attached hydrogens (primary N) is 1. The van der Waals surface area contributed by atoms with Crippen molar-refractivity contribution in [3.05, 3.63) is 81.4 Å². The number of rotatable bonds is 10. The van der Waals surface area contributed by atoms with Crippen LogP contribution in [-0.2, 0) is 17.8 Å². The summed E-state index contributed by atoms with van der Waals surface area (Å²) in [6.07, 6.45) is 3.31. The molecule has 3 amide bonds. The Balaban J connectivity index is 2.45. The van der Waals surface area contributed by atoms with Crippen molar-refractivity contribution < 1.29 is 24.0 Å². The lowest BCUT2D eigenvalue weighted by atomic mass is 10.0. The van der Waals surface area contributed by atoms with Gasteiger partial charge in [0.1, 0.15) is 18.2 Å². The number of nitriles is 1. The normalized spacial score (nSPS) is 10.6. The Kier molecular flexibility index (Phi) is 8.70. The number of carbonyl (C=O) groups is 2. The first kappa shape index (κ1) is 24.6. The summed E-state index contributed by atoms with van der Waals surface area (Å²) in [6.45, 7) is 5.87. The average molecular weight is 450 g/mol. The van der Waals surface area contributed by atoms with Crippen LogP contribution < -0.4 is 20.5 Å². The summed E-state index contributed by atoms with van der Waals surface area (Å²) in [5.74, 6) is -0.180. The molecule has 10 heteroatoms. The van der Waals surface area contributed by atoms with Crippen molar-refractivity contribution in [1.82, 2.24) is 5.32 Å². The van der Waals surface area contributed by atoms with E-state index in [0.717, 1.165) is 0 Å². The number of nitrogens with zero attached hydrogens (tertiary/aromatic N) is 2. The van der Waals surface area contributed by atoms with Gasteiger partial charge in [0, 0.05) is 17.7 Å². The quantitative estimate of drug-likeness (QED) is 0.184. The predicted molar refractivity (Wildman–Crippen MR) is 120 cm³/mol. The number of allylic oxidation sites excluding steroid dienone is 1. The van der Waals surface area contributed by atoms with Gasteiger partial charge in [0.2, 0.25) is 0 Å². The number of nitrogens with one attached hydrogen (secondary N) is 1. The third kappa shape index (κ3) is 6.93. The number of hydrogen-bond donors (Lipinski definition) is 2. The van der Waals surface area contributed by atoms with Crippen molar-refractivity contribution in [3.63, 3.8) is 0 Å². The van der Waals surface area contributed by atoms with Gasteiger partial charge in [-0.3, -0.25) is 20.2 Å². The fourth-order valence-corrected chi connectivity index (χ4v) is 2.91. The molecule has 0 saturated carbocycles. The van der Waals surface area contributed by atoms with Crippen molar-refractivity contribution >= 4 is 23.7 Å². The van der Waals surface area contributed by atoms with E-state index in [0.29, 0.717) is 41.2 Å². The van der Waals surface area contributed by atoms with E-state index in [1.165, 1.54) is 18.2 Å². The summed E-state index contributed by atoms with van der Waals surface area (Å²) in [6, 6.07) is 9.99. The molecule has 33 heavy (non-hydrogen) atoms. The summed E-state index contributed by atoms with van der Waals surface area (Å²) < 4.78 is 11.7. The van der Waals surface area contributed by atoms with Crippen LogP contribution in [0.5, 0.6) is 11.5 Å². The van der Waals surface area contributed by atoms with E-state index in [-0.39, 0.29) is 17.9 Å². The predicted octanol–water partition coefficient (Wildman–Crippen LogP) is 3.40. The molecule has 2 rings (SSSR count). The number of carbonyl (C=O) groups excluding carboxylic acids is 2. The molecule has 0 spiro atoms. The zero-order chi connectivity index (χ0) is 24.4. The molecule has 170 valence electrons. The maximum Gasteiger partial charge on any atom is 0.319 e. The summed E-state index contributed by atoms with van der Waals surface area (Å²) in [5.41, 5.74) is 6.26. The number of urea groups is 1. The molecule has 0 heterocycles. The molecule has 0 bridgehead atoms. The third-order valence-electron chi connectivity index (χ3n) is 4.24. The molecular weight excluding hydrogens is 428 g/mol. The van der Waals surface area contributed by atoms with Crippen molar-refractivity contribution in [1.29, 1.82) is 5.26 Å². The second-order valence-electron chi connectivity index (χ2n) is 6.64. The molecule has 2 aromatic rings. The van der Waals surface area contributed by atoms with E-state index in [2.05, 4.69) is 6.58 Å². The van der Waals surface area contributed by atoms with Gasteiger partial charge < -0.3 is 15.2 Å². The minimum Gasteiger partial charge on any atom is -0.490 e. The largest absolute Gasteiger partial charge is 0.490 e. The maximum absolute atomic E-state index is 12.0. The highest BCUT2D eigenvalue weighted by atomic mass is 16.6. The van der Waals surface area contributed by atoms with E-state index < -0.39 is 16.9 Å². The van der Waals surface area contributed by atoms with Gasteiger partial charge in [0.15, 0.2) is 11.5 Å². The zero-order valence-electron chi connectivity index (χ0n) is 17.9. The SMILES string of the molecule is C=CCc1cc(/C=C(/C#N)C(=O)NC(N)=O)cc(OCC)c1OCc1cccc([N+](=O)[O-])c1. The molecule has 0 aromatic heterocycles. The fraction of sp³-hybridized carbons (Fsp3) is 0.174. The van der Waals surface area contributed by atoms with Crippen LogP contribution in [0.3, 0.4) is 0 Å². The topological polar surface area (TPSA) is 158 Å². The number of ether oxygens (including phenoxy) is 2. The lowest BCUT2D eigenvalue weighted by molar-refractivity contribution is -0.384. The van der Waals surface area contributed by atoms with Crippen molar-refractivity contribution in [2.24, 2.45) is 5.73 Å². The molecule has 10 nitrogen and oxygen atoms in total.